The number of carbonyl (C=O) groups is 2. The van der Waals surface area contributed by atoms with Crippen molar-refractivity contribution < 1.29 is 14.0 Å². The normalized spacial score (nSPS) is 12.8. The molecule has 0 bridgehead atoms. The SMILES string of the molecule is Cc1ccccc1-c1nnc(-c2ccc(C(=O)NNC(=O)c3cc4c(s3)CCCC4)cc2)o1. The number of benzene rings is 2. The minimum atomic E-state index is -0.401. The van der Waals surface area contributed by atoms with Crippen molar-refractivity contribution in [1.29, 1.82) is 0 Å². The van der Waals surface area contributed by atoms with Gasteiger partial charge in [-0.1, -0.05) is 18.2 Å². The highest BCUT2D eigenvalue weighted by Gasteiger charge is 2.18. The quantitative estimate of drug-likeness (QED) is 0.431. The maximum absolute atomic E-state index is 12.5. The van der Waals surface area contributed by atoms with Crippen molar-refractivity contribution in [2.24, 2.45) is 0 Å². The average molecular weight is 459 g/mol. The van der Waals surface area contributed by atoms with Gasteiger partial charge >= 0.3 is 0 Å². The summed E-state index contributed by atoms with van der Waals surface area (Å²) in [7, 11) is 0. The zero-order valence-corrected chi connectivity index (χ0v) is 18.9. The van der Waals surface area contributed by atoms with Crippen molar-refractivity contribution in [2.45, 2.75) is 32.6 Å². The number of thiophene rings is 1. The molecule has 1 aliphatic rings. The van der Waals surface area contributed by atoms with Gasteiger partial charge in [0.1, 0.15) is 0 Å². The first-order chi connectivity index (χ1) is 16.1. The molecule has 2 aromatic heterocycles. The number of fused-ring (bicyclic) bond motifs is 1. The van der Waals surface area contributed by atoms with Crippen molar-refractivity contribution in [3.05, 3.63) is 81.0 Å². The zero-order valence-electron chi connectivity index (χ0n) is 18.1. The van der Waals surface area contributed by atoms with Gasteiger partial charge in [-0.2, -0.15) is 0 Å². The first kappa shape index (κ1) is 21.1. The number of aromatic nitrogens is 2. The lowest BCUT2D eigenvalue weighted by Crippen LogP contribution is -2.41. The molecule has 7 nitrogen and oxygen atoms in total. The Morgan fingerprint density at radius 1 is 0.909 bits per heavy atom. The van der Waals surface area contributed by atoms with Crippen LogP contribution in [0.1, 0.15) is 48.9 Å². The smallest absolute Gasteiger partial charge is 0.279 e. The van der Waals surface area contributed by atoms with Gasteiger partial charge in [0.05, 0.1) is 4.88 Å². The van der Waals surface area contributed by atoms with Crippen LogP contribution in [0.4, 0.5) is 0 Å². The van der Waals surface area contributed by atoms with Gasteiger partial charge in [0.15, 0.2) is 0 Å². The van der Waals surface area contributed by atoms with Crippen LogP contribution in [0.15, 0.2) is 59.0 Å². The van der Waals surface area contributed by atoms with Crippen molar-refractivity contribution in [2.75, 3.05) is 0 Å². The number of hydrogen-bond donors (Lipinski definition) is 2. The second kappa shape index (κ2) is 8.99. The molecule has 0 spiro atoms. The van der Waals surface area contributed by atoms with Crippen molar-refractivity contribution >= 4 is 23.2 Å². The number of aryl methyl sites for hydroxylation is 3. The monoisotopic (exact) mass is 458 g/mol. The lowest BCUT2D eigenvalue weighted by molar-refractivity contribution is 0.0849. The van der Waals surface area contributed by atoms with Crippen molar-refractivity contribution in [1.82, 2.24) is 21.0 Å². The van der Waals surface area contributed by atoms with Crippen LogP contribution < -0.4 is 10.9 Å². The summed E-state index contributed by atoms with van der Waals surface area (Å²) in [5.41, 5.74) is 9.29. The van der Waals surface area contributed by atoms with E-state index < -0.39 is 5.91 Å². The number of nitrogens with zero attached hydrogens (tertiary/aromatic N) is 2. The number of nitrogens with one attached hydrogen (secondary N) is 2. The van der Waals surface area contributed by atoms with E-state index in [0.29, 0.717) is 27.8 Å². The van der Waals surface area contributed by atoms with Gasteiger partial charge < -0.3 is 4.42 Å². The Labute approximate surface area is 194 Å². The number of hydrogen-bond acceptors (Lipinski definition) is 6. The van der Waals surface area contributed by atoms with Crippen molar-refractivity contribution in [3.8, 4) is 22.9 Å². The number of amides is 2. The Morgan fingerprint density at radius 3 is 2.42 bits per heavy atom. The molecule has 0 atom stereocenters. The van der Waals surface area contributed by atoms with E-state index in [1.54, 1.807) is 24.3 Å². The fourth-order valence-electron chi connectivity index (χ4n) is 3.88. The van der Waals surface area contributed by atoms with Crippen LogP contribution in [0.3, 0.4) is 0 Å². The maximum Gasteiger partial charge on any atom is 0.279 e. The first-order valence-corrected chi connectivity index (χ1v) is 11.6. The minimum absolute atomic E-state index is 0.297. The summed E-state index contributed by atoms with van der Waals surface area (Å²) >= 11 is 1.51. The standard InChI is InChI=1S/C25H22N4O3S/c1-15-6-2-4-8-19(15)25-29-28-24(32-25)17-12-10-16(11-13-17)22(30)26-27-23(31)21-14-18-7-3-5-9-20(18)33-21/h2,4,6,8,10-14H,3,5,7,9H2,1H3,(H,26,30)(H,27,31). The van der Waals surface area contributed by atoms with Crippen LogP contribution in [0.5, 0.6) is 0 Å². The molecule has 0 aliphatic heterocycles. The fraction of sp³-hybridized carbons (Fsp3) is 0.200. The summed E-state index contributed by atoms with van der Waals surface area (Å²) in [5.74, 6) is 0.120. The Hall–Kier alpha value is -3.78. The molecular weight excluding hydrogens is 436 g/mol. The lowest BCUT2D eigenvalue weighted by atomic mass is 9.99. The minimum Gasteiger partial charge on any atom is -0.416 e. The second-order valence-electron chi connectivity index (χ2n) is 7.98. The summed E-state index contributed by atoms with van der Waals surface area (Å²) in [4.78, 5) is 26.8. The molecule has 33 heavy (non-hydrogen) atoms. The summed E-state index contributed by atoms with van der Waals surface area (Å²) in [5, 5.41) is 8.27. The topological polar surface area (TPSA) is 97.1 Å². The van der Waals surface area contributed by atoms with E-state index in [9.17, 15) is 9.59 Å². The van der Waals surface area contributed by atoms with Gasteiger partial charge in [0.2, 0.25) is 11.8 Å². The van der Waals surface area contributed by atoms with Gasteiger partial charge in [-0.15, -0.1) is 21.5 Å². The van der Waals surface area contributed by atoms with E-state index in [2.05, 4.69) is 21.0 Å². The Morgan fingerprint density at radius 2 is 1.64 bits per heavy atom. The third kappa shape index (κ3) is 4.42. The van der Waals surface area contributed by atoms with E-state index in [-0.39, 0.29) is 5.91 Å². The van der Waals surface area contributed by atoms with Gasteiger partial charge in [-0.05, 0) is 80.1 Å². The predicted molar refractivity (Wildman–Crippen MR) is 126 cm³/mol. The summed E-state index contributed by atoms with van der Waals surface area (Å²) in [6.45, 7) is 1.98. The van der Waals surface area contributed by atoms with E-state index in [1.165, 1.54) is 21.8 Å². The van der Waals surface area contributed by atoms with E-state index >= 15 is 0 Å². The van der Waals surface area contributed by atoms with E-state index in [4.69, 9.17) is 4.42 Å². The zero-order chi connectivity index (χ0) is 22.8. The number of hydrazine groups is 1. The highest BCUT2D eigenvalue weighted by Crippen LogP contribution is 2.29. The predicted octanol–water partition coefficient (Wildman–Crippen LogP) is 4.73. The molecule has 2 amide bonds. The molecule has 166 valence electrons. The van der Waals surface area contributed by atoms with Gasteiger partial charge in [0.25, 0.3) is 11.8 Å². The van der Waals surface area contributed by atoms with Crippen LogP contribution in [-0.4, -0.2) is 22.0 Å². The van der Waals surface area contributed by atoms with Crippen LogP contribution in [0.25, 0.3) is 22.9 Å². The Balaban J connectivity index is 1.22. The molecule has 0 radical (unpaired) electrons. The number of rotatable bonds is 4. The van der Waals surface area contributed by atoms with Gasteiger partial charge in [-0.3, -0.25) is 20.4 Å². The number of carbonyl (C=O) groups excluding carboxylic acids is 2. The molecule has 2 aromatic carbocycles. The second-order valence-corrected chi connectivity index (χ2v) is 9.12. The summed E-state index contributed by atoms with van der Waals surface area (Å²) in [6.07, 6.45) is 4.37. The molecule has 0 saturated heterocycles. The maximum atomic E-state index is 12.5. The third-order valence-corrected chi connectivity index (χ3v) is 6.94. The summed E-state index contributed by atoms with van der Waals surface area (Å²) in [6, 6.07) is 16.5. The third-order valence-electron chi connectivity index (χ3n) is 5.70. The molecule has 5 rings (SSSR count). The molecule has 2 heterocycles. The molecule has 0 saturated carbocycles. The Bertz CT molecular complexity index is 1300. The van der Waals surface area contributed by atoms with Crippen LogP contribution >= 0.6 is 11.3 Å². The van der Waals surface area contributed by atoms with E-state index in [1.807, 2.05) is 37.3 Å². The van der Waals surface area contributed by atoms with Crippen molar-refractivity contribution in [3.63, 3.8) is 0 Å². The van der Waals surface area contributed by atoms with Crippen LogP contribution in [0, 0.1) is 6.92 Å². The lowest BCUT2D eigenvalue weighted by Gasteiger charge is -2.08. The highest BCUT2D eigenvalue weighted by molar-refractivity contribution is 7.14. The molecule has 8 heteroatoms. The first-order valence-electron chi connectivity index (χ1n) is 10.8. The van der Waals surface area contributed by atoms with Gasteiger partial charge in [0, 0.05) is 21.6 Å². The van der Waals surface area contributed by atoms with Gasteiger partial charge in [-0.25, -0.2) is 0 Å². The molecule has 4 aromatic rings. The highest BCUT2D eigenvalue weighted by atomic mass is 32.1. The fourth-order valence-corrected chi connectivity index (χ4v) is 5.02. The van der Waals surface area contributed by atoms with E-state index in [0.717, 1.165) is 36.8 Å². The van der Waals surface area contributed by atoms with Crippen LogP contribution in [-0.2, 0) is 12.8 Å². The average Bonchev–Trinajstić information content (AvgIpc) is 3.50. The largest absolute Gasteiger partial charge is 0.416 e. The molecule has 1 aliphatic carbocycles. The molecular formula is C25H22N4O3S. The molecule has 0 fully saturated rings. The Kier molecular flexibility index (Phi) is 5.75. The molecule has 0 unspecified atom stereocenters. The van der Waals surface area contributed by atoms with Crippen LogP contribution in [0.2, 0.25) is 0 Å². The summed E-state index contributed by atoms with van der Waals surface area (Å²) < 4.78 is 5.82. The molecule has 2 N–H and O–H groups in total.